The minimum absolute atomic E-state index is 0.174. The van der Waals surface area contributed by atoms with E-state index in [1.807, 2.05) is 64.4 Å². The topological polar surface area (TPSA) is 101 Å². The molecule has 9 heteroatoms. The standard InChI is InChI=1S/C26H36N4O4S/c1-15(18-8-10-19(11-9-18)22-16(2)28-14-35-22)29-24(32)21-12-20(34-17(3)31)13-30(21)25(33)23(27-7)26(4,5)6/h8-11,14-15,20-21,23,27H,12-13H2,1-7H3,(H,29,32)/t15-,20+,21-,23+/m0/s1. The number of nitrogens with zero attached hydrogens (tertiary/aromatic N) is 2. The highest BCUT2D eigenvalue weighted by Crippen LogP contribution is 2.30. The Morgan fingerprint density at radius 2 is 1.86 bits per heavy atom. The molecule has 8 nitrogen and oxygen atoms in total. The maximum Gasteiger partial charge on any atom is 0.302 e. The molecule has 2 N–H and O–H groups in total. The van der Waals surface area contributed by atoms with Crippen molar-refractivity contribution in [1.29, 1.82) is 0 Å². The van der Waals surface area contributed by atoms with Gasteiger partial charge in [0.1, 0.15) is 12.1 Å². The monoisotopic (exact) mass is 500 g/mol. The first-order valence-electron chi connectivity index (χ1n) is 11.9. The van der Waals surface area contributed by atoms with E-state index in [2.05, 4.69) is 15.6 Å². The third-order valence-electron chi connectivity index (χ3n) is 6.36. The molecule has 0 spiro atoms. The number of likely N-dealkylation sites (tertiary alicyclic amines) is 1. The first kappa shape index (κ1) is 26.8. The summed E-state index contributed by atoms with van der Waals surface area (Å²) in [6, 6.07) is 6.60. The molecule has 3 rings (SSSR count). The molecule has 0 radical (unpaired) electrons. The summed E-state index contributed by atoms with van der Waals surface area (Å²) in [5.41, 5.74) is 4.52. The normalized spacial score (nSPS) is 19.8. The summed E-state index contributed by atoms with van der Waals surface area (Å²) in [7, 11) is 1.74. The number of esters is 1. The average Bonchev–Trinajstić information content (AvgIpc) is 3.39. The minimum atomic E-state index is -0.716. The molecule has 2 amide bonds. The van der Waals surface area contributed by atoms with E-state index in [-0.39, 0.29) is 36.2 Å². The number of aromatic nitrogens is 1. The zero-order valence-electron chi connectivity index (χ0n) is 21.5. The molecule has 1 saturated heterocycles. The van der Waals surface area contributed by atoms with E-state index < -0.39 is 24.2 Å². The Morgan fingerprint density at radius 3 is 2.37 bits per heavy atom. The average molecular weight is 501 g/mol. The zero-order valence-corrected chi connectivity index (χ0v) is 22.4. The summed E-state index contributed by atoms with van der Waals surface area (Å²) in [4.78, 5) is 45.3. The number of thiazole rings is 1. The third-order valence-corrected chi connectivity index (χ3v) is 7.34. The van der Waals surface area contributed by atoms with Gasteiger partial charge in [0.15, 0.2) is 0 Å². The van der Waals surface area contributed by atoms with Crippen molar-refractivity contribution in [3.8, 4) is 10.4 Å². The van der Waals surface area contributed by atoms with Gasteiger partial charge in [-0.2, -0.15) is 0 Å². The lowest BCUT2D eigenvalue weighted by Gasteiger charge is -2.34. The molecule has 0 saturated carbocycles. The van der Waals surface area contributed by atoms with Crippen LogP contribution in [0.25, 0.3) is 10.4 Å². The fourth-order valence-corrected chi connectivity index (χ4v) is 5.41. The van der Waals surface area contributed by atoms with E-state index in [0.717, 1.165) is 21.7 Å². The molecule has 1 aromatic heterocycles. The van der Waals surface area contributed by atoms with Gasteiger partial charge < -0.3 is 20.3 Å². The fourth-order valence-electron chi connectivity index (χ4n) is 4.60. The van der Waals surface area contributed by atoms with Crippen molar-refractivity contribution in [3.63, 3.8) is 0 Å². The van der Waals surface area contributed by atoms with Crippen molar-refractivity contribution >= 4 is 29.1 Å². The molecule has 1 aliphatic rings. The Morgan fingerprint density at radius 1 is 1.20 bits per heavy atom. The van der Waals surface area contributed by atoms with Crippen LogP contribution in [0.1, 0.15) is 58.3 Å². The van der Waals surface area contributed by atoms with Crippen molar-refractivity contribution in [1.82, 2.24) is 20.5 Å². The summed E-state index contributed by atoms with van der Waals surface area (Å²) < 4.78 is 5.38. The van der Waals surface area contributed by atoms with Crippen LogP contribution in [-0.4, -0.2) is 59.4 Å². The van der Waals surface area contributed by atoms with E-state index >= 15 is 0 Å². The summed E-state index contributed by atoms with van der Waals surface area (Å²) in [6.07, 6.45) is -0.240. The van der Waals surface area contributed by atoms with Crippen molar-refractivity contribution in [2.24, 2.45) is 5.41 Å². The summed E-state index contributed by atoms with van der Waals surface area (Å²) in [5.74, 6) is -0.854. The molecular formula is C26H36N4O4S. The van der Waals surface area contributed by atoms with Gasteiger partial charge in [-0.05, 0) is 37.4 Å². The molecule has 0 aliphatic carbocycles. The van der Waals surface area contributed by atoms with Crippen molar-refractivity contribution in [2.45, 2.75) is 72.2 Å². The summed E-state index contributed by atoms with van der Waals surface area (Å²) in [5, 5.41) is 6.14. The van der Waals surface area contributed by atoms with Gasteiger partial charge in [-0.1, -0.05) is 45.0 Å². The number of amides is 2. The smallest absolute Gasteiger partial charge is 0.302 e. The number of nitrogens with one attached hydrogen (secondary N) is 2. The van der Waals surface area contributed by atoms with Crippen LogP contribution in [0.3, 0.4) is 0 Å². The molecule has 1 fully saturated rings. The van der Waals surface area contributed by atoms with Crippen LogP contribution in [-0.2, 0) is 19.1 Å². The number of hydrogen-bond acceptors (Lipinski definition) is 7. The van der Waals surface area contributed by atoms with Crippen LogP contribution in [0, 0.1) is 12.3 Å². The van der Waals surface area contributed by atoms with Crippen LogP contribution in [0.5, 0.6) is 0 Å². The maximum absolute atomic E-state index is 13.4. The number of ether oxygens (including phenoxy) is 1. The fraction of sp³-hybridized carbons (Fsp3) is 0.538. The Labute approximate surface area is 211 Å². The number of benzene rings is 1. The van der Waals surface area contributed by atoms with E-state index in [4.69, 9.17) is 4.74 Å². The van der Waals surface area contributed by atoms with Crippen LogP contribution in [0.15, 0.2) is 29.8 Å². The lowest BCUT2D eigenvalue weighted by Crippen LogP contribution is -2.56. The van der Waals surface area contributed by atoms with Gasteiger partial charge in [0.2, 0.25) is 11.8 Å². The quantitative estimate of drug-likeness (QED) is 0.565. The van der Waals surface area contributed by atoms with Crippen molar-refractivity contribution in [3.05, 3.63) is 41.0 Å². The van der Waals surface area contributed by atoms with Crippen LogP contribution >= 0.6 is 11.3 Å². The summed E-state index contributed by atoms with van der Waals surface area (Å²) >= 11 is 1.60. The lowest BCUT2D eigenvalue weighted by molar-refractivity contribution is -0.147. The Kier molecular flexibility index (Phi) is 8.33. The molecule has 2 aromatic rings. The Balaban J connectivity index is 1.76. The number of rotatable bonds is 7. The number of carbonyl (C=O) groups excluding carboxylic acids is 3. The SMILES string of the molecule is CN[C@H](C(=O)N1C[C@H](OC(C)=O)C[C@H]1C(=O)N[C@@H](C)c1ccc(-c2scnc2C)cc1)C(C)(C)C. The zero-order chi connectivity index (χ0) is 25.9. The van der Waals surface area contributed by atoms with Gasteiger partial charge in [-0.15, -0.1) is 11.3 Å². The molecule has 190 valence electrons. The molecule has 35 heavy (non-hydrogen) atoms. The largest absolute Gasteiger partial charge is 0.461 e. The maximum atomic E-state index is 13.4. The van der Waals surface area contributed by atoms with Gasteiger partial charge in [-0.25, -0.2) is 4.98 Å². The Bertz CT molecular complexity index is 1060. The first-order chi connectivity index (χ1) is 16.4. The summed E-state index contributed by atoms with van der Waals surface area (Å²) in [6.45, 7) is 11.4. The molecule has 1 aromatic carbocycles. The van der Waals surface area contributed by atoms with Crippen molar-refractivity contribution < 1.29 is 19.1 Å². The number of likely N-dealkylation sites (N-methyl/N-ethyl adjacent to an activating group) is 1. The van der Waals surface area contributed by atoms with Crippen LogP contribution in [0.2, 0.25) is 0 Å². The predicted molar refractivity (Wildman–Crippen MR) is 137 cm³/mol. The van der Waals surface area contributed by atoms with Crippen LogP contribution in [0.4, 0.5) is 0 Å². The molecule has 1 aliphatic heterocycles. The highest BCUT2D eigenvalue weighted by molar-refractivity contribution is 7.13. The van der Waals surface area contributed by atoms with E-state index in [9.17, 15) is 14.4 Å². The molecular weight excluding hydrogens is 464 g/mol. The first-order valence-corrected chi connectivity index (χ1v) is 12.8. The highest BCUT2D eigenvalue weighted by atomic mass is 32.1. The second-order valence-electron chi connectivity index (χ2n) is 10.2. The molecule has 2 heterocycles. The number of hydrogen-bond donors (Lipinski definition) is 2. The van der Waals surface area contributed by atoms with Gasteiger partial charge in [-0.3, -0.25) is 14.4 Å². The van der Waals surface area contributed by atoms with E-state index in [0.29, 0.717) is 0 Å². The second kappa shape index (κ2) is 10.9. The molecule has 0 unspecified atom stereocenters. The minimum Gasteiger partial charge on any atom is -0.461 e. The number of aryl methyl sites for hydroxylation is 1. The van der Waals surface area contributed by atoms with Gasteiger partial charge in [0, 0.05) is 13.3 Å². The van der Waals surface area contributed by atoms with Gasteiger partial charge in [0.05, 0.1) is 34.7 Å². The Hall–Kier alpha value is -2.78. The van der Waals surface area contributed by atoms with Crippen molar-refractivity contribution in [2.75, 3.05) is 13.6 Å². The molecule has 4 atom stereocenters. The van der Waals surface area contributed by atoms with Crippen LogP contribution < -0.4 is 10.6 Å². The van der Waals surface area contributed by atoms with E-state index in [1.54, 1.807) is 23.3 Å². The van der Waals surface area contributed by atoms with Gasteiger partial charge in [0.25, 0.3) is 0 Å². The third kappa shape index (κ3) is 6.27. The highest BCUT2D eigenvalue weighted by Gasteiger charge is 2.45. The second-order valence-corrected chi connectivity index (χ2v) is 11.0. The van der Waals surface area contributed by atoms with Gasteiger partial charge >= 0.3 is 5.97 Å². The van der Waals surface area contributed by atoms with E-state index in [1.165, 1.54) is 6.92 Å². The lowest BCUT2D eigenvalue weighted by atomic mass is 9.86. The number of carbonyl (C=O) groups is 3. The predicted octanol–water partition coefficient (Wildman–Crippen LogP) is 3.46. The molecule has 0 bridgehead atoms.